The Morgan fingerprint density at radius 2 is 1.65 bits per heavy atom. The summed E-state index contributed by atoms with van der Waals surface area (Å²) >= 11 is 0. The van der Waals surface area contributed by atoms with Gasteiger partial charge >= 0.3 is 0 Å². The molecule has 1 unspecified atom stereocenters. The van der Waals surface area contributed by atoms with Crippen LogP contribution in [0.3, 0.4) is 0 Å². The van der Waals surface area contributed by atoms with E-state index >= 15 is 0 Å². The maximum Gasteiger partial charge on any atom is 0.129 e. The standard InChI is InChI=1S/C22H26FNO2/c23-21-10-5-4-9-20(21)22(25)15-17-11-12-18(16-22)24(17)13-6-14-26-19-7-2-1-3-8-19/h1-5,7-10,17-18,25H,6,11-16H2/t17-,18+,22?. The Hall–Kier alpha value is -1.91. The third-order valence-electron chi connectivity index (χ3n) is 5.87. The highest BCUT2D eigenvalue weighted by molar-refractivity contribution is 5.27. The maximum absolute atomic E-state index is 14.2. The Morgan fingerprint density at radius 1 is 1.00 bits per heavy atom. The highest BCUT2D eigenvalue weighted by Gasteiger charge is 2.48. The lowest BCUT2D eigenvalue weighted by Crippen LogP contribution is -2.50. The van der Waals surface area contributed by atoms with Crippen molar-refractivity contribution < 1.29 is 14.2 Å². The molecule has 2 bridgehead atoms. The van der Waals surface area contributed by atoms with Gasteiger partial charge in [-0.3, -0.25) is 4.90 Å². The third-order valence-corrected chi connectivity index (χ3v) is 5.87. The van der Waals surface area contributed by atoms with E-state index in [1.54, 1.807) is 12.1 Å². The van der Waals surface area contributed by atoms with E-state index in [0.29, 0.717) is 37.1 Å². The smallest absolute Gasteiger partial charge is 0.129 e. The van der Waals surface area contributed by atoms with Gasteiger partial charge in [0.15, 0.2) is 0 Å². The molecule has 1 N–H and O–H groups in total. The van der Waals surface area contributed by atoms with Gasteiger partial charge in [0, 0.05) is 24.2 Å². The van der Waals surface area contributed by atoms with Crippen molar-refractivity contribution >= 4 is 0 Å². The fourth-order valence-electron chi connectivity index (χ4n) is 4.69. The molecule has 0 aromatic heterocycles. The van der Waals surface area contributed by atoms with Crippen LogP contribution in [0.4, 0.5) is 4.39 Å². The minimum atomic E-state index is -1.03. The number of fused-ring (bicyclic) bond motifs is 2. The zero-order chi connectivity index (χ0) is 18.0. The zero-order valence-corrected chi connectivity index (χ0v) is 15.0. The van der Waals surface area contributed by atoms with Crippen LogP contribution in [0.2, 0.25) is 0 Å². The predicted molar refractivity (Wildman–Crippen MR) is 99.6 cm³/mol. The molecule has 138 valence electrons. The second kappa shape index (κ2) is 7.37. The summed E-state index contributed by atoms with van der Waals surface area (Å²) in [5.41, 5.74) is -0.572. The van der Waals surface area contributed by atoms with Crippen molar-refractivity contribution in [2.24, 2.45) is 0 Å². The highest BCUT2D eigenvalue weighted by Crippen LogP contribution is 2.46. The summed E-state index contributed by atoms with van der Waals surface area (Å²) in [6.45, 7) is 1.66. The van der Waals surface area contributed by atoms with Gasteiger partial charge < -0.3 is 9.84 Å². The first-order valence-corrected chi connectivity index (χ1v) is 9.57. The van der Waals surface area contributed by atoms with Crippen LogP contribution in [0.15, 0.2) is 54.6 Å². The quantitative estimate of drug-likeness (QED) is 0.792. The molecule has 0 aliphatic carbocycles. The number of ether oxygens (including phenoxy) is 1. The van der Waals surface area contributed by atoms with Gasteiger partial charge in [0.25, 0.3) is 0 Å². The first-order valence-electron chi connectivity index (χ1n) is 9.57. The molecule has 2 fully saturated rings. The largest absolute Gasteiger partial charge is 0.494 e. The monoisotopic (exact) mass is 355 g/mol. The van der Waals surface area contributed by atoms with E-state index in [1.807, 2.05) is 36.4 Å². The van der Waals surface area contributed by atoms with E-state index in [4.69, 9.17) is 4.74 Å². The molecule has 0 spiro atoms. The van der Waals surface area contributed by atoms with Crippen LogP contribution in [0.25, 0.3) is 0 Å². The number of piperidine rings is 1. The maximum atomic E-state index is 14.2. The van der Waals surface area contributed by atoms with Gasteiger partial charge in [-0.1, -0.05) is 36.4 Å². The summed E-state index contributed by atoms with van der Waals surface area (Å²) in [7, 11) is 0. The van der Waals surface area contributed by atoms with Crippen molar-refractivity contribution in [3.8, 4) is 5.75 Å². The molecule has 2 aliphatic rings. The van der Waals surface area contributed by atoms with E-state index in [0.717, 1.165) is 31.6 Å². The number of rotatable bonds is 6. The van der Waals surface area contributed by atoms with Crippen LogP contribution in [0, 0.1) is 5.82 Å². The van der Waals surface area contributed by atoms with E-state index in [1.165, 1.54) is 6.07 Å². The average Bonchev–Trinajstić information content (AvgIpc) is 2.90. The van der Waals surface area contributed by atoms with E-state index < -0.39 is 5.60 Å². The van der Waals surface area contributed by atoms with Gasteiger partial charge in [0.05, 0.1) is 12.2 Å². The molecule has 26 heavy (non-hydrogen) atoms. The molecule has 0 radical (unpaired) electrons. The number of halogens is 1. The van der Waals surface area contributed by atoms with Gasteiger partial charge in [0.2, 0.25) is 0 Å². The summed E-state index contributed by atoms with van der Waals surface area (Å²) < 4.78 is 20.0. The number of hydrogen-bond acceptors (Lipinski definition) is 3. The fourth-order valence-corrected chi connectivity index (χ4v) is 4.69. The second-order valence-corrected chi connectivity index (χ2v) is 7.56. The van der Waals surface area contributed by atoms with Crippen LogP contribution in [0.5, 0.6) is 5.75 Å². The SMILES string of the molecule is OC1(c2ccccc2F)C[C@H]2CC[C@@H](C1)N2CCCOc1ccccc1. The molecule has 0 saturated carbocycles. The number of hydrogen-bond donors (Lipinski definition) is 1. The molecule has 3 atom stereocenters. The van der Waals surface area contributed by atoms with E-state index in [-0.39, 0.29) is 5.82 Å². The van der Waals surface area contributed by atoms with Crippen molar-refractivity contribution in [2.45, 2.75) is 49.8 Å². The van der Waals surface area contributed by atoms with Crippen LogP contribution < -0.4 is 4.74 Å². The molecule has 2 aliphatic heterocycles. The molecule has 2 aromatic carbocycles. The third kappa shape index (κ3) is 3.49. The summed E-state index contributed by atoms with van der Waals surface area (Å²) in [5, 5.41) is 11.2. The van der Waals surface area contributed by atoms with Crippen LogP contribution >= 0.6 is 0 Å². The number of para-hydroxylation sites is 1. The van der Waals surface area contributed by atoms with Crippen LogP contribution in [-0.2, 0) is 5.60 Å². The van der Waals surface area contributed by atoms with Crippen molar-refractivity contribution in [1.29, 1.82) is 0 Å². The Balaban J connectivity index is 1.34. The lowest BCUT2D eigenvalue weighted by atomic mass is 9.80. The van der Waals surface area contributed by atoms with Gasteiger partial charge in [-0.2, -0.15) is 0 Å². The topological polar surface area (TPSA) is 32.7 Å². The lowest BCUT2D eigenvalue weighted by molar-refractivity contribution is -0.0596. The van der Waals surface area contributed by atoms with Crippen LogP contribution in [0.1, 0.15) is 37.7 Å². The highest BCUT2D eigenvalue weighted by atomic mass is 19.1. The Kier molecular flexibility index (Phi) is 4.96. The molecule has 2 saturated heterocycles. The Bertz CT molecular complexity index is 722. The normalized spacial score (nSPS) is 28.2. The van der Waals surface area contributed by atoms with Crippen molar-refractivity contribution in [3.63, 3.8) is 0 Å². The number of aliphatic hydroxyl groups is 1. The summed E-state index contributed by atoms with van der Waals surface area (Å²) in [4.78, 5) is 2.50. The molecule has 4 heteroatoms. The lowest BCUT2D eigenvalue weighted by Gasteiger charge is -2.44. The van der Waals surface area contributed by atoms with Gasteiger partial charge in [-0.05, 0) is 50.3 Å². The first-order chi connectivity index (χ1) is 12.7. The van der Waals surface area contributed by atoms with Gasteiger partial charge in [-0.15, -0.1) is 0 Å². The van der Waals surface area contributed by atoms with Crippen molar-refractivity contribution in [1.82, 2.24) is 4.90 Å². The Morgan fingerprint density at radius 3 is 2.35 bits per heavy atom. The molecule has 3 nitrogen and oxygen atoms in total. The molecular weight excluding hydrogens is 329 g/mol. The molecule has 2 aromatic rings. The van der Waals surface area contributed by atoms with Crippen LogP contribution in [-0.4, -0.2) is 35.2 Å². The summed E-state index contributed by atoms with van der Waals surface area (Å²) in [6, 6.07) is 17.2. The summed E-state index contributed by atoms with van der Waals surface area (Å²) in [5.74, 6) is 0.613. The zero-order valence-electron chi connectivity index (χ0n) is 15.0. The van der Waals surface area contributed by atoms with Gasteiger partial charge in [-0.25, -0.2) is 4.39 Å². The second-order valence-electron chi connectivity index (χ2n) is 7.56. The first kappa shape index (κ1) is 17.5. The van der Waals surface area contributed by atoms with E-state index in [2.05, 4.69) is 4.90 Å². The average molecular weight is 355 g/mol. The molecule has 0 amide bonds. The number of benzene rings is 2. The van der Waals surface area contributed by atoms with E-state index in [9.17, 15) is 9.50 Å². The van der Waals surface area contributed by atoms with Gasteiger partial charge in [0.1, 0.15) is 11.6 Å². The molecule has 2 heterocycles. The van der Waals surface area contributed by atoms with Crippen molar-refractivity contribution in [3.05, 3.63) is 66.0 Å². The van der Waals surface area contributed by atoms with Crippen molar-refractivity contribution in [2.75, 3.05) is 13.2 Å². The minimum absolute atomic E-state index is 0.292. The Labute approximate surface area is 154 Å². The number of nitrogens with zero attached hydrogens (tertiary/aromatic N) is 1. The molecule has 4 rings (SSSR count). The molecular formula is C22H26FNO2. The minimum Gasteiger partial charge on any atom is -0.494 e. The predicted octanol–water partition coefficient (Wildman–Crippen LogP) is 4.11. The summed E-state index contributed by atoms with van der Waals surface area (Å²) in [6.07, 6.45) is 4.36. The fraction of sp³-hybridized carbons (Fsp3) is 0.455.